The fourth-order valence-electron chi connectivity index (χ4n) is 6.11. The highest BCUT2D eigenvalue weighted by Gasteiger charge is 2.48. The number of carbonyl (C=O) groups excluding carboxylic acids is 1. The number of sulfonamides is 1. The fourth-order valence-corrected chi connectivity index (χ4v) is 7.03. The minimum Gasteiger partial charge on any atom is -0.470 e. The van der Waals surface area contributed by atoms with Gasteiger partial charge in [-0.1, -0.05) is 61.4 Å². The van der Waals surface area contributed by atoms with E-state index >= 15 is 0 Å². The summed E-state index contributed by atoms with van der Waals surface area (Å²) >= 11 is 0. The average Bonchev–Trinajstić information content (AvgIpc) is 3.61. The number of ether oxygens (including phenoxy) is 1. The second kappa shape index (κ2) is 10.9. The number of hydrogen-bond donors (Lipinski definition) is 1. The van der Waals surface area contributed by atoms with Crippen molar-refractivity contribution in [1.82, 2.24) is 24.6 Å². The normalized spacial score (nSPS) is 16.7. The van der Waals surface area contributed by atoms with E-state index < -0.39 is 15.4 Å². The summed E-state index contributed by atoms with van der Waals surface area (Å²) in [4.78, 5) is 24.6. The monoisotopic (exact) mass is 586 g/mol. The van der Waals surface area contributed by atoms with Gasteiger partial charge >= 0.3 is 0 Å². The Morgan fingerprint density at radius 3 is 2.33 bits per heavy atom. The molecule has 2 aromatic carbocycles. The Balaban J connectivity index is 1.25. The third-order valence-corrected chi connectivity index (χ3v) is 9.56. The van der Waals surface area contributed by atoms with Gasteiger partial charge in [-0.25, -0.2) is 18.1 Å². The van der Waals surface area contributed by atoms with E-state index in [4.69, 9.17) is 4.74 Å². The van der Waals surface area contributed by atoms with Gasteiger partial charge in [0.2, 0.25) is 17.7 Å². The molecule has 0 bridgehead atoms. The van der Waals surface area contributed by atoms with Crippen molar-refractivity contribution in [3.8, 4) is 17.1 Å². The van der Waals surface area contributed by atoms with E-state index in [1.165, 1.54) is 17.1 Å². The van der Waals surface area contributed by atoms with Crippen LogP contribution >= 0.6 is 0 Å². The number of hydrogen-bond acceptors (Lipinski definition) is 7. The lowest BCUT2D eigenvalue weighted by Crippen LogP contribution is -2.60. The van der Waals surface area contributed by atoms with Crippen LogP contribution in [0.3, 0.4) is 0 Å². The molecular formula is C31H34N6O4S. The quantitative estimate of drug-likeness (QED) is 0.325. The molecule has 10 nitrogen and oxygen atoms in total. The molecule has 0 radical (unpaired) electrons. The van der Waals surface area contributed by atoms with Crippen LogP contribution in [0.5, 0.6) is 5.88 Å². The van der Waals surface area contributed by atoms with Gasteiger partial charge < -0.3 is 9.64 Å². The summed E-state index contributed by atoms with van der Waals surface area (Å²) in [7, 11) is -2.34. The van der Waals surface area contributed by atoms with Gasteiger partial charge in [-0.15, -0.1) is 0 Å². The second-order valence-electron chi connectivity index (χ2n) is 11.2. The minimum atomic E-state index is -3.98. The molecule has 2 aromatic heterocycles. The number of aromatic nitrogens is 4. The first-order valence-electron chi connectivity index (χ1n) is 14.1. The van der Waals surface area contributed by atoms with E-state index in [9.17, 15) is 13.2 Å². The highest BCUT2D eigenvalue weighted by Crippen LogP contribution is 2.43. The summed E-state index contributed by atoms with van der Waals surface area (Å²) in [5.41, 5.74) is 4.00. The van der Waals surface area contributed by atoms with Crippen molar-refractivity contribution in [3.63, 3.8) is 0 Å². The van der Waals surface area contributed by atoms with Crippen LogP contribution < -0.4 is 9.46 Å². The summed E-state index contributed by atoms with van der Waals surface area (Å²) in [6, 6.07) is 17.7. The fraction of sp³-hybridized carbons (Fsp3) is 0.355. The number of nitrogens with zero attached hydrogens (tertiary/aromatic N) is 5. The predicted molar refractivity (Wildman–Crippen MR) is 159 cm³/mol. The lowest BCUT2D eigenvalue weighted by molar-refractivity contribution is -0.146. The zero-order chi connectivity index (χ0) is 29.5. The van der Waals surface area contributed by atoms with Gasteiger partial charge in [0.15, 0.2) is 0 Å². The van der Waals surface area contributed by atoms with Crippen LogP contribution in [-0.4, -0.2) is 58.2 Å². The summed E-state index contributed by atoms with van der Waals surface area (Å²) < 4.78 is 36.3. The third-order valence-electron chi connectivity index (χ3n) is 8.27. The molecule has 3 heterocycles. The Bertz CT molecular complexity index is 1710. The largest absolute Gasteiger partial charge is 0.470 e. The van der Waals surface area contributed by atoms with E-state index in [0.717, 1.165) is 47.9 Å². The maximum Gasteiger partial charge on any atom is 0.267 e. The van der Waals surface area contributed by atoms with E-state index in [-0.39, 0.29) is 28.7 Å². The molecular weight excluding hydrogens is 552 g/mol. The van der Waals surface area contributed by atoms with Crippen LogP contribution in [0, 0.1) is 13.8 Å². The molecule has 0 spiro atoms. The molecule has 0 atom stereocenters. The van der Waals surface area contributed by atoms with Gasteiger partial charge in [0, 0.05) is 24.9 Å². The molecule has 0 unspecified atom stereocenters. The first kappa shape index (κ1) is 27.9. The molecule has 1 amide bonds. The van der Waals surface area contributed by atoms with E-state index in [1.807, 2.05) is 55.1 Å². The summed E-state index contributed by atoms with van der Waals surface area (Å²) in [5.74, 6) is 0.285. The van der Waals surface area contributed by atoms with Gasteiger partial charge in [-0.05, 0) is 43.4 Å². The van der Waals surface area contributed by atoms with E-state index in [0.29, 0.717) is 18.8 Å². The molecule has 4 aromatic rings. The van der Waals surface area contributed by atoms with Gasteiger partial charge in [0.05, 0.1) is 30.4 Å². The highest BCUT2D eigenvalue weighted by atomic mass is 32.2. The number of benzene rings is 2. The van der Waals surface area contributed by atoms with Crippen LogP contribution in [0.1, 0.15) is 42.4 Å². The van der Waals surface area contributed by atoms with Crippen molar-refractivity contribution < 1.29 is 17.9 Å². The predicted octanol–water partition coefficient (Wildman–Crippen LogP) is 4.40. The summed E-state index contributed by atoms with van der Waals surface area (Å²) in [6.07, 6.45) is 6.17. The number of likely N-dealkylation sites (tertiary alicyclic amines) is 1. The molecule has 1 N–H and O–H groups in total. The van der Waals surface area contributed by atoms with Crippen molar-refractivity contribution in [3.05, 3.63) is 83.7 Å². The Labute approximate surface area is 245 Å². The van der Waals surface area contributed by atoms with Gasteiger partial charge in [0.1, 0.15) is 11.0 Å². The maximum atomic E-state index is 13.8. The molecule has 42 heavy (non-hydrogen) atoms. The molecule has 11 heteroatoms. The number of anilines is 1. The van der Waals surface area contributed by atoms with Crippen LogP contribution in [-0.2, 0) is 27.3 Å². The van der Waals surface area contributed by atoms with Gasteiger partial charge in [0.25, 0.3) is 10.0 Å². The first-order valence-corrected chi connectivity index (χ1v) is 15.6. The standard InChI is InChI=1S/C31H34N6O4S/c1-21-10-9-11-22(2)28(21)26-16-27(34-30(33-26)35-42(39,40)25-17-32-36(3)20-25)41-24-18-37(19-24)29(38)31(14-7-8-15-31)23-12-5-4-6-13-23/h4-6,9-13,16-17,20,24H,7-8,14-15,18-19H2,1-3H3,(H,33,34,35). The number of carbonyl (C=O) groups is 1. The summed E-state index contributed by atoms with van der Waals surface area (Å²) in [5, 5.41) is 3.96. The number of aryl methyl sites for hydroxylation is 3. The van der Waals surface area contributed by atoms with Crippen molar-refractivity contribution in [2.24, 2.45) is 7.05 Å². The molecule has 1 saturated heterocycles. The molecule has 1 aliphatic heterocycles. The number of amides is 1. The summed E-state index contributed by atoms with van der Waals surface area (Å²) in [6.45, 7) is 4.83. The molecule has 2 fully saturated rings. The Morgan fingerprint density at radius 1 is 1.00 bits per heavy atom. The molecule has 1 aliphatic carbocycles. The smallest absolute Gasteiger partial charge is 0.267 e. The van der Waals surface area contributed by atoms with Crippen LogP contribution in [0.4, 0.5) is 5.95 Å². The van der Waals surface area contributed by atoms with Crippen LogP contribution in [0.25, 0.3) is 11.3 Å². The van der Waals surface area contributed by atoms with Crippen LogP contribution in [0.15, 0.2) is 71.9 Å². The molecule has 6 rings (SSSR count). The molecule has 1 saturated carbocycles. The first-order chi connectivity index (χ1) is 20.1. The SMILES string of the molecule is Cc1cccc(C)c1-c1cc(OC2CN(C(=O)C3(c4ccccc4)CCCC3)C2)nc(NS(=O)(=O)c2cnn(C)c2)n1. The van der Waals surface area contributed by atoms with Crippen LogP contribution in [0.2, 0.25) is 0 Å². The zero-order valence-corrected chi connectivity index (χ0v) is 24.8. The third kappa shape index (κ3) is 5.24. The minimum absolute atomic E-state index is 0.000878. The Morgan fingerprint density at radius 2 is 1.69 bits per heavy atom. The van der Waals surface area contributed by atoms with Gasteiger partial charge in [-0.3, -0.25) is 9.48 Å². The lowest BCUT2D eigenvalue weighted by Gasteiger charge is -2.43. The van der Waals surface area contributed by atoms with Crippen molar-refractivity contribution >= 4 is 21.9 Å². The van der Waals surface area contributed by atoms with Crippen molar-refractivity contribution in [2.75, 3.05) is 17.8 Å². The second-order valence-corrected chi connectivity index (χ2v) is 12.9. The lowest BCUT2D eigenvalue weighted by atomic mass is 9.77. The maximum absolute atomic E-state index is 13.8. The topological polar surface area (TPSA) is 119 Å². The number of rotatable bonds is 8. The zero-order valence-electron chi connectivity index (χ0n) is 23.9. The van der Waals surface area contributed by atoms with E-state index in [2.05, 4.69) is 31.9 Å². The number of nitrogens with one attached hydrogen (secondary N) is 1. The molecule has 218 valence electrons. The van der Waals surface area contributed by atoms with Crippen molar-refractivity contribution in [2.45, 2.75) is 55.9 Å². The molecule has 2 aliphatic rings. The average molecular weight is 587 g/mol. The van der Waals surface area contributed by atoms with Crippen molar-refractivity contribution in [1.29, 1.82) is 0 Å². The Kier molecular flexibility index (Phi) is 7.22. The Hall–Kier alpha value is -4.25. The van der Waals surface area contributed by atoms with E-state index in [1.54, 1.807) is 13.1 Å². The highest BCUT2D eigenvalue weighted by molar-refractivity contribution is 7.92. The van der Waals surface area contributed by atoms with Gasteiger partial charge in [-0.2, -0.15) is 10.1 Å².